The summed E-state index contributed by atoms with van der Waals surface area (Å²) in [6, 6.07) is 5.63. The van der Waals surface area contributed by atoms with Crippen molar-refractivity contribution in [1.82, 2.24) is 20.4 Å². The second-order valence-electron chi connectivity index (χ2n) is 8.71. The van der Waals surface area contributed by atoms with Crippen molar-refractivity contribution in [2.45, 2.75) is 44.2 Å². The molecule has 2 saturated carbocycles. The zero-order valence-corrected chi connectivity index (χ0v) is 18.2. The maximum Gasteiger partial charge on any atom is 0.326 e. The smallest absolute Gasteiger partial charge is 0.326 e. The van der Waals surface area contributed by atoms with Crippen LogP contribution in [0.2, 0.25) is 0 Å². The van der Waals surface area contributed by atoms with Crippen molar-refractivity contribution in [1.29, 1.82) is 0 Å². The number of carboxylic acid groups (broad SMARTS) is 1. The molecule has 2 bridgehead atoms. The first kappa shape index (κ1) is 21.9. The predicted octanol–water partition coefficient (Wildman–Crippen LogP) is 1.94. The van der Waals surface area contributed by atoms with Gasteiger partial charge in [-0.1, -0.05) is 30.7 Å². The number of urea groups is 1. The van der Waals surface area contributed by atoms with Crippen LogP contribution in [-0.2, 0) is 18.3 Å². The second kappa shape index (κ2) is 9.02. The van der Waals surface area contributed by atoms with Crippen LogP contribution in [0.15, 0.2) is 35.3 Å². The average Bonchev–Trinajstić information content (AvgIpc) is 3.39. The largest absolute Gasteiger partial charge is 0.494 e. The Balaban J connectivity index is 1.43. The molecule has 3 unspecified atom stereocenters. The quantitative estimate of drug-likeness (QED) is 0.605. The van der Waals surface area contributed by atoms with Crippen molar-refractivity contribution in [2.24, 2.45) is 18.9 Å². The minimum Gasteiger partial charge on any atom is -0.494 e. The Morgan fingerprint density at radius 1 is 1.25 bits per heavy atom. The van der Waals surface area contributed by atoms with E-state index in [1.807, 2.05) is 0 Å². The van der Waals surface area contributed by atoms with Crippen LogP contribution >= 0.6 is 0 Å². The number of aliphatic carboxylic acids is 1. The fourth-order valence-corrected chi connectivity index (χ4v) is 4.98. The van der Waals surface area contributed by atoms with Gasteiger partial charge in [0.05, 0.1) is 18.9 Å². The van der Waals surface area contributed by atoms with Gasteiger partial charge in [0, 0.05) is 19.5 Å². The van der Waals surface area contributed by atoms with Gasteiger partial charge in [-0.25, -0.2) is 14.3 Å². The number of methoxy groups -OCH3 is 1. The van der Waals surface area contributed by atoms with Crippen LogP contribution in [0.4, 0.5) is 4.79 Å². The summed E-state index contributed by atoms with van der Waals surface area (Å²) in [5, 5.41) is 19.1. The Morgan fingerprint density at radius 2 is 2.00 bits per heavy atom. The van der Waals surface area contributed by atoms with Gasteiger partial charge < -0.3 is 20.5 Å². The first-order valence-corrected chi connectivity index (χ1v) is 10.8. The number of ether oxygens (including phenoxy) is 1. The van der Waals surface area contributed by atoms with Gasteiger partial charge in [-0.2, -0.15) is 5.10 Å². The number of rotatable bonds is 7. The summed E-state index contributed by atoms with van der Waals surface area (Å²) < 4.78 is 6.50. The maximum absolute atomic E-state index is 12.5. The van der Waals surface area contributed by atoms with Crippen LogP contribution in [0.25, 0.3) is 11.1 Å². The highest BCUT2D eigenvalue weighted by Gasteiger charge is 2.40. The van der Waals surface area contributed by atoms with Gasteiger partial charge in [-0.3, -0.25) is 4.79 Å². The topological polar surface area (TPSA) is 123 Å². The van der Waals surface area contributed by atoms with Crippen molar-refractivity contribution in [2.75, 3.05) is 7.11 Å². The summed E-state index contributed by atoms with van der Waals surface area (Å²) in [6.45, 7) is 0. The molecular formula is C23H28N4O5. The molecule has 32 heavy (non-hydrogen) atoms. The van der Waals surface area contributed by atoms with Crippen LogP contribution in [-0.4, -0.2) is 46.1 Å². The lowest BCUT2D eigenvalue weighted by Gasteiger charge is -2.24. The first-order chi connectivity index (χ1) is 15.4. The highest BCUT2D eigenvalue weighted by atomic mass is 16.5. The van der Waals surface area contributed by atoms with Crippen molar-refractivity contribution in [3.05, 3.63) is 46.4 Å². The van der Waals surface area contributed by atoms with Crippen LogP contribution in [0.1, 0.15) is 31.2 Å². The van der Waals surface area contributed by atoms with E-state index >= 15 is 0 Å². The molecule has 2 fully saturated rings. The van der Waals surface area contributed by atoms with E-state index in [4.69, 9.17) is 4.74 Å². The Kier molecular flexibility index (Phi) is 6.16. The fourth-order valence-electron chi connectivity index (χ4n) is 4.98. The Morgan fingerprint density at radius 3 is 2.59 bits per heavy atom. The zero-order chi connectivity index (χ0) is 22.8. The standard InChI is InChI=1S/C23H28N4O5/c1-27-21(28)20(19(32-2)12-24-27)15-6-3-13(4-7-15)10-18(22(29)30)26-23(31)25-17-11-14-5-8-16(17)9-14/h3-4,6-7,12,14,16-18H,5,8-11H2,1-2H3,(H,29,30)(H2,25,26,31)/t14?,16?,17?,18-/m0/s1. The lowest BCUT2D eigenvalue weighted by atomic mass is 9.95. The van der Waals surface area contributed by atoms with Gasteiger partial charge in [0.2, 0.25) is 0 Å². The van der Waals surface area contributed by atoms with Crippen molar-refractivity contribution >= 4 is 12.0 Å². The number of carbonyl (C=O) groups excluding carboxylic acids is 1. The van der Waals surface area contributed by atoms with Crippen molar-refractivity contribution in [3.8, 4) is 16.9 Å². The first-order valence-electron chi connectivity index (χ1n) is 10.8. The molecule has 170 valence electrons. The van der Waals surface area contributed by atoms with Crippen LogP contribution in [0, 0.1) is 11.8 Å². The third-order valence-electron chi connectivity index (χ3n) is 6.66. The van der Waals surface area contributed by atoms with Gasteiger partial charge in [-0.15, -0.1) is 0 Å². The van der Waals surface area contributed by atoms with E-state index < -0.39 is 18.0 Å². The zero-order valence-electron chi connectivity index (χ0n) is 18.2. The number of hydrogen-bond donors (Lipinski definition) is 3. The number of aryl methyl sites for hydroxylation is 1. The Bertz CT molecular complexity index is 1070. The van der Waals surface area contributed by atoms with Crippen molar-refractivity contribution in [3.63, 3.8) is 0 Å². The van der Waals surface area contributed by atoms with E-state index in [1.54, 1.807) is 31.3 Å². The fraction of sp³-hybridized carbons (Fsp3) is 0.478. The minimum atomic E-state index is -1.10. The number of fused-ring (bicyclic) bond motifs is 2. The molecule has 1 aromatic carbocycles. The van der Waals surface area contributed by atoms with Crippen LogP contribution < -0.4 is 20.9 Å². The third kappa shape index (κ3) is 4.46. The van der Waals surface area contributed by atoms with E-state index in [-0.39, 0.29) is 18.0 Å². The van der Waals surface area contributed by atoms with E-state index in [0.29, 0.717) is 28.7 Å². The van der Waals surface area contributed by atoms with Gasteiger partial charge in [-0.05, 0) is 42.2 Å². The Labute approximate surface area is 185 Å². The van der Waals surface area contributed by atoms with Gasteiger partial charge in [0.1, 0.15) is 6.04 Å². The van der Waals surface area contributed by atoms with E-state index in [2.05, 4.69) is 15.7 Å². The lowest BCUT2D eigenvalue weighted by Crippen LogP contribution is -2.50. The number of aromatic nitrogens is 2. The number of carbonyl (C=O) groups is 2. The molecule has 4 atom stereocenters. The molecular weight excluding hydrogens is 412 g/mol. The summed E-state index contributed by atoms with van der Waals surface area (Å²) in [7, 11) is 3.03. The molecule has 0 aliphatic heterocycles. The number of carboxylic acids is 1. The predicted molar refractivity (Wildman–Crippen MR) is 117 cm³/mol. The summed E-state index contributed by atoms with van der Waals surface area (Å²) >= 11 is 0. The van der Waals surface area contributed by atoms with Gasteiger partial charge >= 0.3 is 12.0 Å². The van der Waals surface area contributed by atoms with E-state index in [9.17, 15) is 19.5 Å². The molecule has 9 heteroatoms. The molecule has 0 radical (unpaired) electrons. The highest BCUT2D eigenvalue weighted by molar-refractivity contribution is 5.83. The molecule has 1 heterocycles. The minimum absolute atomic E-state index is 0.130. The SMILES string of the molecule is COc1cnn(C)c(=O)c1-c1ccc(C[C@H](NC(=O)NC2CC3CCC2C3)C(=O)O)cc1. The molecule has 0 saturated heterocycles. The van der Waals surface area contributed by atoms with Gasteiger partial charge in [0.25, 0.3) is 5.56 Å². The number of nitrogens with one attached hydrogen (secondary N) is 2. The molecule has 4 rings (SSSR count). The number of benzene rings is 1. The third-order valence-corrected chi connectivity index (χ3v) is 6.66. The second-order valence-corrected chi connectivity index (χ2v) is 8.71. The monoisotopic (exact) mass is 440 g/mol. The maximum atomic E-state index is 12.5. The molecule has 2 amide bonds. The summed E-state index contributed by atoms with van der Waals surface area (Å²) in [5.74, 6) is 0.472. The molecule has 3 N–H and O–H groups in total. The van der Waals surface area contributed by atoms with E-state index in [0.717, 1.165) is 24.8 Å². The molecule has 1 aromatic heterocycles. The summed E-state index contributed by atoms with van der Waals surface area (Å²) in [4.78, 5) is 36.7. The normalized spacial score (nSPS) is 22.4. The van der Waals surface area contributed by atoms with Crippen LogP contribution in [0.5, 0.6) is 5.75 Å². The Hall–Kier alpha value is -3.36. The van der Waals surface area contributed by atoms with Gasteiger partial charge in [0.15, 0.2) is 5.75 Å². The molecule has 2 aliphatic carbocycles. The average molecular weight is 441 g/mol. The molecule has 0 spiro atoms. The number of nitrogens with zero attached hydrogens (tertiary/aromatic N) is 2. The number of hydrogen-bond acceptors (Lipinski definition) is 5. The molecule has 2 aromatic rings. The molecule has 9 nitrogen and oxygen atoms in total. The highest BCUT2D eigenvalue weighted by Crippen LogP contribution is 2.44. The van der Waals surface area contributed by atoms with Crippen LogP contribution in [0.3, 0.4) is 0 Å². The van der Waals surface area contributed by atoms with Crippen molar-refractivity contribution < 1.29 is 19.4 Å². The summed E-state index contributed by atoms with van der Waals surface area (Å²) in [6.07, 6.45) is 6.11. The lowest BCUT2D eigenvalue weighted by molar-refractivity contribution is -0.139. The van der Waals surface area contributed by atoms with E-state index in [1.165, 1.54) is 24.4 Å². The number of amides is 2. The molecule has 2 aliphatic rings. The summed E-state index contributed by atoms with van der Waals surface area (Å²) in [5.41, 5.74) is 1.46.